The number of hydrogen-bond acceptors (Lipinski definition) is 3. The molecule has 1 saturated heterocycles. The molecule has 0 bridgehead atoms. The first kappa shape index (κ1) is 14.7. The highest BCUT2D eigenvalue weighted by Gasteiger charge is 2.24. The van der Waals surface area contributed by atoms with Crippen molar-refractivity contribution in [2.75, 3.05) is 31.1 Å². The first-order valence-electron chi connectivity index (χ1n) is 7.95. The molecule has 1 amide bonds. The third-order valence-electron chi connectivity index (χ3n) is 4.35. The van der Waals surface area contributed by atoms with Crippen LogP contribution in [-0.2, 0) is 0 Å². The van der Waals surface area contributed by atoms with Crippen molar-refractivity contribution in [3.05, 3.63) is 66.2 Å². The van der Waals surface area contributed by atoms with Crippen LogP contribution in [0.25, 0.3) is 5.52 Å². The molecule has 1 aromatic carbocycles. The van der Waals surface area contributed by atoms with Gasteiger partial charge in [0.1, 0.15) is 5.82 Å². The minimum atomic E-state index is -0.237. The number of nitrogens with zero attached hydrogens (tertiary/aromatic N) is 4. The Morgan fingerprint density at radius 2 is 1.75 bits per heavy atom. The fraction of sp³-hybridized carbons (Fsp3) is 0.222. The second-order valence-electron chi connectivity index (χ2n) is 5.86. The van der Waals surface area contributed by atoms with E-state index in [-0.39, 0.29) is 11.7 Å². The maximum absolute atomic E-state index is 13.0. The number of halogens is 1. The molecule has 24 heavy (non-hydrogen) atoms. The molecule has 0 atom stereocenters. The van der Waals surface area contributed by atoms with Gasteiger partial charge < -0.3 is 9.80 Å². The van der Waals surface area contributed by atoms with Gasteiger partial charge in [0, 0.05) is 38.1 Å². The van der Waals surface area contributed by atoms with E-state index in [0.29, 0.717) is 18.8 Å². The molecule has 0 radical (unpaired) electrons. The van der Waals surface area contributed by atoms with Gasteiger partial charge in [-0.3, -0.25) is 4.79 Å². The third-order valence-corrected chi connectivity index (χ3v) is 4.35. The summed E-state index contributed by atoms with van der Waals surface area (Å²) in [6, 6.07) is 14.0. The molecule has 0 saturated carbocycles. The van der Waals surface area contributed by atoms with Crippen LogP contribution in [0, 0.1) is 5.82 Å². The van der Waals surface area contributed by atoms with Crippen molar-refractivity contribution in [2.24, 2.45) is 0 Å². The van der Waals surface area contributed by atoms with E-state index in [1.807, 2.05) is 35.4 Å². The van der Waals surface area contributed by atoms with Crippen molar-refractivity contribution in [2.45, 2.75) is 0 Å². The van der Waals surface area contributed by atoms with Crippen LogP contribution in [-0.4, -0.2) is 46.6 Å². The molecular formula is C18H17FN4O. The van der Waals surface area contributed by atoms with E-state index in [2.05, 4.69) is 10.00 Å². The zero-order valence-electron chi connectivity index (χ0n) is 13.1. The number of hydrogen-bond donors (Lipinski definition) is 0. The van der Waals surface area contributed by atoms with Crippen LogP contribution in [0.5, 0.6) is 0 Å². The molecule has 5 nitrogen and oxygen atoms in total. The highest BCUT2D eigenvalue weighted by Crippen LogP contribution is 2.18. The average molecular weight is 324 g/mol. The molecule has 1 fully saturated rings. The number of amides is 1. The number of carbonyl (C=O) groups excluding carboxylic acids is 1. The smallest absolute Gasteiger partial charge is 0.274 e. The molecule has 0 aliphatic carbocycles. The largest absolute Gasteiger partial charge is 0.368 e. The predicted octanol–water partition coefficient (Wildman–Crippen LogP) is 2.44. The van der Waals surface area contributed by atoms with E-state index in [9.17, 15) is 9.18 Å². The maximum atomic E-state index is 13.0. The number of fused-ring (bicyclic) bond motifs is 1. The average Bonchev–Trinajstić information content (AvgIpc) is 3.06. The van der Waals surface area contributed by atoms with Crippen LogP contribution in [0.3, 0.4) is 0 Å². The summed E-state index contributed by atoms with van der Waals surface area (Å²) in [5.41, 5.74) is 2.36. The van der Waals surface area contributed by atoms with Crippen LogP contribution >= 0.6 is 0 Å². The fourth-order valence-electron chi connectivity index (χ4n) is 3.02. The second-order valence-corrected chi connectivity index (χ2v) is 5.86. The lowest BCUT2D eigenvalue weighted by atomic mass is 10.2. The van der Waals surface area contributed by atoms with E-state index in [4.69, 9.17) is 0 Å². The lowest BCUT2D eigenvalue weighted by Crippen LogP contribution is -2.48. The Hall–Kier alpha value is -2.89. The van der Waals surface area contributed by atoms with Gasteiger partial charge in [-0.05, 0) is 42.5 Å². The Morgan fingerprint density at radius 3 is 2.46 bits per heavy atom. The number of rotatable bonds is 2. The number of pyridine rings is 1. The van der Waals surface area contributed by atoms with Gasteiger partial charge in [-0.2, -0.15) is 5.10 Å². The standard InChI is InChI=1S/C18H17FN4O/c19-14-4-6-15(7-5-14)21-9-11-22(12-10-21)18(24)17-13-16-3-1-2-8-23(16)20-17/h1-8,13H,9-12H2. The first-order chi connectivity index (χ1) is 11.7. The van der Waals surface area contributed by atoms with E-state index < -0.39 is 0 Å². The van der Waals surface area contributed by atoms with E-state index in [1.54, 1.807) is 16.6 Å². The second kappa shape index (κ2) is 5.96. The summed E-state index contributed by atoms with van der Waals surface area (Å²) in [5, 5.41) is 4.34. The van der Waals surface area contributed by atoms with E-state index in [1.165, 1.54) is 12.1 Å². The summed E-state index contributed by atoms with van der Waals surface area (Å²) < 4.78 is 14.7. The number of aromatic nitrogens is 2. The molecular weight excluding hydrogens is 307 g/mol. The molecule has 122 valence electrons. The van der Waals surface area contributed by atoms with E-state index in [0.717, 1.165) is 24.3 Å². The first-order valence-corrected chi connectivity index (χ1v) is 7.95. The molecule has 3 aromatic rings. The van der Waals surface area contributed by atoms with Crippen LogP contribution < -0.4 is 4.90 Å². The minimum absolute atomic E-state index is 0.0440. The number of piperazine rings is 1. The van der Waals surface area contributed by atoms with Gasteiger partial charge in [0.2, 0.25) is 0 Å². The SMILES string of the molecule is O=C(c1cc2ccccn2n1)N1CCN(c2ccc(F)cc2)CC1. The number of carbonyl (C=O) groups is 1. The Bertz CT molecular complexity index is 833. The Labute approximate surface area is 138 Å². The molecule has 6 heteroatoms. The Morgan fingerprint density at radius 1 is 1.00 bits per heavy atom. The van der Waals surface area contributed by atoms with Gasteiger partial charge in [-0.15, -0.1) is 0 Å². The van der Waals surface area contributed by atoms with Gasteiger partial charge in [-0.25, -0.2) is 8.91 Å². The third kappa shape index (κ3) is 2.71. The molecule has 1 aliphatic heterocycles. The zero-order chi connectivity index (χ0) is 16.5. The molecule has 0 N–H and O–H groups in total. The van der Waals surface area contributed by atoms with Crippen LogP contribution in [0.15, 0.2) is 54.7 Å². The molecule has 1 aliphatic rings. The highest BCUT2D eigenvalue weighted by molar-refractivity contribution is 5.93. The van der Waals surface area contributed by atoms with Crippen molar-refractivity contribution < 1.29 is 9.18 Å². The number of anilines is 1. The van der Waals surface area contributed by atoms with Crippen molar-refractivity contribution in [1.82, 2.24) is 14.5 Å². The van der Waals surface area contributed by atoms with Crippen molar-refractivity contribution in [1.29, 1.82) is 0 Å². The van der Waals surface area contributed by atoms with Gasteiger partial charge >= 0.3 is 0 Å². The molecule has 4 rings (SSSR count). The topological polar surface area (TPSA) is 40.9 Å². The van der Waals surface area contributed by atoms with Gasteiger partial charge in [0.25, 0.3) is 5.91 Å². The highest BCUT2D eigenvalue weighted by atomic mass is 19.1. The lowest BCUT2D eigenvalue weighted by Gasteiger charge is -2.35. The Kier molecular flexibility index (Phi) is 3.65. The maximum Gasteiger partial charge on any atom is 0.274 e. The van der Waals surface area contributed by atoms with Crippen LogP contribution in [0.1, 0.15) is 10.5 Å². The summed E-state index contributed by atoms with van der Waals surface area (Å²) in [6.45, 7) is 2.71. The van der Waals surface area contributed by atoms with Gasteiger partial charge in [0.05, 0.1) is 5.52 Å². The minimum Gasteiger partial charge on any atom is -0.368 e. The monoisotopic (exact) mass is 324 g/mol. The fourth-order valence-corrected chi connectivity index (χ4v) is 3.02. The van der Waals surface area contributed by atoms with Gasteiger partial charge in [0.15, 0.2) is 5.69 Å². The lowest BCUT2D eigenvalue weighted by molar-refractivity contribution is 0.0740. The van der Waals surface area contributed by atoms with Gasteiger partial charge in [-0.1, -0.05) is 6.07 Å². The van der Waals surface area contributed by atoms with Crippen LogP contribution in [0.2, 0.25) is 0 Å². The van der Waals surface area contributed by atoms with Crippen molar-refractivity contribution in [3.63, 3.8) is 0 Å². The molecule has 0 unspecified atom stereocenters. The summed E-state index contributed by atoms with van der Waals surface area (Å²) in [7, 11) is 0. The normalized spacial score (nSPS) is 15.0. The molecule has 3 heterocycles. The summed E-state index contributed by atoms with van der Waals surface area (Å²) in [5.74, 6) is -0.281. The number of benzene rings is 1. The zero-order valence-corrected chi connectivity index (χ0v) is 13.1. The van der Waals surface area contributed by atoms with E-state index >= 15 is 0 Å². The van der Waals surface area contributed by atoms with Crippen molar-refractivity contribution in [3.8, 4) is 0 Å². The summed E-state index contributed by atoms with van der Waals surface area (Å²) in [4.78, 5) is 16.6. The molecule has 0 spiro atoms. The summed E-state index contributed by atoms with van der Waals surface area (Å²) >= 11 is 0. The van der Waals surface area contributed by atoms with Crippen molar-refractivity contribution >= 4 is 17.1 Å². The van der Waals surface area contributed by atoms with Crippen LogP contribution in [0.4, 0.5) is 10.1 Å². The summed E-state index contributed by atoms with van der Waals surface area (Å²) in [6.07, 6.45) is 1.83. The molecule has 2 aromatic heterocycles. The quantitative estimate of drug-likeness (QED) is 0.727. The predicted molar refractivity (Wildman–Crippen MR) is 89.7 cm³/mol. The Balaban J connectivity index is 1.45.